The molecule has 0 saturated heterocycles. The molecule has 1 aromatic rings. The Labute approximate surface area is 103 Å². The highest BCUT2D eigenvalue weighted by Crippen LogP contribution is 2.12. The molecule has 0 amide bonds. The van der Waals surface area contributed by atoms with E-state index in [1.165, 1.54) is 9.88 Å². The van der Waals surface area contributed by atoms with Crippen LogP contribution in [0.4, 0.5) is 0 Å². The van der Waals surface area contributed by atoms with Crippen molar-refractivity contribution in [1.29, 1.82) is 0 Å². The molecule has 0 aromatic carbocycles. The zero-order valence-corrected chi connectivity index (χ0v) is 11.6. The molecular weight excluding hydrogens is 218 g/mol. The Hall–Kier alpha value is -0.450. The van der Waals surface area contributed by atoms with Gasteiger partial charge in [0.1, 0.15) is 5.01 Å². The summed E-state index contributed by atoms with van der Waals surface area (Å²) in [4.78, 5) is 5.73. The second-order valence-corrected chi connectivity index (χ2v) is 6.13. The molecule has 1 heterocycles. The first-order valence-corrected chi connectivity index (χ1v) is 6.72. The van der Waals surface area contributed by atoms with Gasteiger partial charge in [-0.15, -0.1) is 11.3 Å². The van der Waals surface area contributed by atoms with Gasteiger partial charge in [0, 0.05) is 36.2 Å². The second-order valence-electron chi connectivity index (χ2n) is 4.93. The summed E-state index contributed by atoms with van der Waals surface area (Å²) in [6.45, 7) is 11.6. The molecule has 0 aliphatic rings. The van der Waals surface area contributed by atoms with E-state index in [4.69, 9.17) is 0 Å². The number of hydrogen-bond donors (Lipinski definition) is 2. The van der Waals surface area contributed by atoms with Crippen molar-refractivity contribution in [3.05, 3.63) is 16.1 Å². The van der Waals surface area contributed by atoms with Crippen LogP contribution in [0.15, 0.2) is 6.20 Å². The molecular formula is C12H23N3S. The van der Waals surface area contributed by atoms with Gasteiger partial charge < -0.3 is 10.6 Å². The molecule has 0 atom stereocenters. The van der Waals surface area contributed by atoms with Crippen LogP contribution in [0.25, 0.3) is 0 Å². The van der Waals surface area contributed by atoms with Crippen molar-refractivity contribution in [3.8, 4) is 0 Å². The lowest BCUT2D eigenvalue weighted by Gasteiger charge is -2.20. The van der Waals surface area contributed by atoms with E-state index in [1.54, 1.807) is 11.3 Å². The van der Waals surface area contributed by atoms with Gasteiger partial charge in [-0.2, -0.15) is 0 Å². The van der Waals surface area contributed by atoms with Gasteiger partial charge in [-0.3, -0.25) is 0 Å². The molecule has 3 nitrogen and oxygen atoms in total. The van der Waals surface area contributed by atoms with Crippen LogP contribution in [0.3, 0.4) is 0 Å². The zero-order chi connectivity index (χ0) is 12.0. The van der Waals surface area contributed by atoms with E-state index in [-0.39, 0.29) is 5.54 Å². The minimum absolute atomic E-state index is 0.207. The molecule has 4 heteroatoms. The van der Waals surface area contributed by atoms with Crippen LogP contribution in [0.1, 0.15) is 37.6 Å². The van der Waals surface area contributed by atoms with Crippen LogP contribution in [0, 0.1) is 0 Å². The topological polar surface area (TPSA) is 37.0 Å². The third kappa shape index (κ3) is 5.58. The molecule has 1 aromatic heterocycles. The molecule has 0 radical (unpaired) electrons. The van der Waals surface area contributed by atoms with Crippen LogP contribution in [-0.4, -0.2) is 23.6 Å². The fourth-order valence-electron chi connectivity index (χ4n) is 1.31. The third-order valence-corrected chi connectivity index (χ3v) is 3.32. The monoisotopic (exact) mass is 241 g/mol. The van der Waals surface area contributed by atoms with Crippen LogP contribution in [-0.2, 0) is 13.0 Å². The number of hydrogen-bond acceptors (Lipinski definition) is 4. The highest BCUT2D eigenvalue weighted by atomic mass is 32.1. The SMILES string of the molecule is CCc1cnc(CNCCNC(C)(C)C)s1. The molecule has 0 saturated carbocycles. The maximum absolute atomic E-state index is 4.37. The summed E-state index contributed by atoms with van der Waals surface area (Å²) in [5, 5.41) is 8.03. The molecule has 0 aliphatic heterocycles. The van der Waals surface area contributed by atoms with Gasteiger partial charge in [0.25, 0.3) is 0 Å². The van der Waals surface area contributed by atoms with Crippen molar-refractivity contribution in [2.75, 3.05) is 13.1 Å². The molecule has 0 aliphatic carbocycles. The standard InChI is InChI=1S/C12H23N3S/c1-5-10-8-14-11(16-10)9-13-6-7-15-12(2,3)4/h8,13,15H,5-7,9H2,1-4H3. The van der Waals surface area contributed by atoms with Gasteiger partial charge in [-0.1, -0.05) is 6.92 Å². The van der Waals surface area contributed by atoms with E-state index in [2.05, 4.69) is 43.3 Å². The predicted molar refractivity (Wildman–Crippen MR) is 71.0 cm³/mol. The number of rotatable bonds is 6. The minimum Gasteiger partial charge on any atom is -0.311 e. The maximum atomic E-state index is 4.37. The first-order valence-electron chi connectivity index (χ1n) is 5.90. The number of aryl methyl sites for hydroxylation is 1. The molecule has 2 N–H and O–H groups in total. The maximum Gasteiger partial charge on any atom is 0.107 e. The van der Waals surface area contributed by atoms with Crippen LogP contribution in [0.2, 0.25) is 0 Å². The Kier molecular flexibility index (Phi) is 5.38. The van der Waals surface area contributed by atoms with Gasteiger partial charge in [0.2, 0.25) is 0 Å². The number of aromatic nitrogens is 1. The largest absolute Gasteiger partial charge is 0.311 e. The van der Waals surface area contributed by atoms with E-state index in [1.807, 2.05) is 6.20 Å². The second kappa shape index (κ2) is 6.33. The van der Waals surface area contributed by atoms with Crippen molar-refractivity contribution in [1.82, 2.24) is 15.6 Å². The molecule has 0 bridgehead atoms. The average molecular weight is 241 g/mol. The Bertz CT molecular complexity index is 301. The Balaban J connectivity index is 2.11. The summed E-state index contributed by atoms with van der Waals surface area (Å²) in [7, 11) is 0. The van der Waals surface area contributed by atoms with Crippen molar-refractivity contribution in [2.45, 2.75) is 46.2 Å². The summed E-state index contributed by atoms with van der Waals surface area (Å²) >= 11 is 1.80. The highest BCUT2D eigenvalue weighted by molar-refractivity contribution is 7.11. The van der Waals surface area contributed by atoms with Gasteiger partial charge in [0.05, 0.1) is 0 Å². The Morgan fingerprint density at radius 1 is 1.31 bits per heavy atom. The fourth-order valence-corrected chi connectivity index (χ4v) is 2.15. The van der Waals surface area contributed by atoms with Crippen LogP contribution in [0.5, 0.6) is 0 Å². The van der Waals surface area contributed by atoms with E-state index >= 15 is 0 Å². The predicted octanol–water partition coefficient (Wildman–Crippen LogP) is 2.18. The molecule has 0 unspecified atom stereocenters. The molecule has 16 heavy (non-hydrogen) atoms. The lowest BCUT2D eigenvalue weighted by atomic mass is 10.1. The van der Waals surface area contributed by atoms with Gasteiger partial charge >= 0.3 is 0 Å². The number of nitrogens with one attached hydrogen (secondary N) is 2. The van der Waals surface area contributed by atoms with E-state index in [0.717, 1.165) is 26.1 Å². The Morgan fingerprint density at radius 2 is 2.06 bits per heavy atom. The lowest BCUT2D eigenvalue weighted by molar-refractivity contribution is 0.421. The minimum atomic E-state index is 0.207. The lowest BCUT2D eigenvalue weighted by Crippen LogP contribution is -2.40. The highest BCUT2D eigenvalue weighted by Gasteiger charge is 2.07. The van der Waals surface area contributed by atoms with E-state index in [0.29, 0.717) is 0 Å². The third-order valence-electron chi connectivity index (χ3n) is 2.18. The van der Waals surface area contributed by atoms with Crippen LogP contribution >= 0.6 is 11.3 Å². The first-order chi connectivity index (χ1) is 7.51. The van der Waals surface area contributed by atoms with E-state index in [9.17, 15) is 0 Å². The molecule has 92 valence electrons. The van der Waals surface area contributed by atoms with E-state index < -0.39 is 0 Å². The van der Waals surface area contributed by atoms with Gasteiger partial charge in [0.15, 0.2) is 0 Å². The van der Waals surface area contributed by atoms with Crippen molar-refractivity contribution in [2.24, 2.45) is 0 Å². The smallest absolute Gasteiger partial charge is 0.107 e. The van der Waals surface area contributed by atoms with Crippen molar-refractivity contribution >= 4 is 11.3 Å². The average Bonchev–Trinajstić information content (AvgIpc) is 2.63. The summed E-state index contributed by atoms with van der Waals surface area (Å²) in [5.74, 6) is 0. The summed E-state index contributed by atoms with van der Waals surface area (Å²) in [6.07, 6.45) is 3.07. The van der Waals surface area contributed by atoms with Gasteiger partial charge in [-0.25, -0.2) is 4.98 Å². The summed E-state index contributed by atoms with van der Waals surface area (Å²) in [5.41, 5.74) is 0.207. The van der Waals surface area contributed by atoms with Crippen LogP contribution < -0.4 is 10.6 Å². The summed E-state index contributed by atoms with van der Waals surface area (Å²) in [6, 6.07) is 0. The quantitative estimate of drug-likeness (QED) is 0.750. The fraction of sp³-hybridized carbons (Fsp3) is 0.750. The first kappa shape index (κ1) is 13.6. The molecule has 0 fully saturated rings. The number of thiazole rings is 1. The summed E-state index contributed by atoms with van der Waals surface area (Å²) < 4.78 is 0. The van der Waals surface area contributed by atoms with Crippen molar-refractivity contribution < 1.29 is 0 Å². The number of nitrogens with zero attached hydrogens (tertiary/aromatic N) is 1. The Morgan fingerprint density at radius 3 is 2.62 bits per heavy atom. The van der Waals surface area contributed by atoms with Crippen molar-refractivity contribution in [3.63, 3.8) is 0 Å². The normalized spacial score (nSPS) is 12.0. The zero-order valence-electron chi connectivity index (χ0n) is 10.8. The van der Waals surface area contributed by atoms with Gasteiger partial charge in [-0.05, 0) is 27.2 Å². The molecule has 0 spiro atoms. The molecule has 1 rings (SSSR count).